The van der Waals surface area contributed by atoms with E-state index in [0.717, 1.165) is 84.5 Å². The molecule has 0 amide bonds. The van der Waals surface area contributed by atoms with Gasteiger partial charge in [0.2, 0.25) is 0 Å². The second-order valence-corrected chi connectivity index (χ2v) is 27.3. The zero-order chi connectivity index (χ0) is 58.1. The van der Waals surface area contributed by atoms with Crippen LogP contribution in [0.5, 0.6) is 0 Å². The fraction of sp³-hybridized carbons (Fsp3) is 0.154. The maximum atomic E-state index is 6.47. The predicted octanol–water partition coefficient (Wildman–Crippen LogP) is 20.9. The zero-order valence-corrected chi connectivity index (χ0v) is 50.6. The van der Waals surface area contributed by atoms with E-state index in [1.807, 2.05) is 17.4 Å². The Kier molecular flexibility index (Phi) is 12.1. The van der Waals surface area contributed by atoms with Crippen LogP contribution >= 0.6 is 11.3 Å². The van der Waals surface area contributed by atoms with Gasteiger partial charge in [-0.3, -0.25) is 0 Å². The molecule has 2 aliphatic heterocycles. The first kappa shape index (κ1) is 52.5. The molecule has 7 heteroatoms. The highest BCUT2D eigenvalue weighted by Gasteiger charge is 2.45. The van der Waals surface area contributed by atoms with E-state index in [1.54, 1.807) is 0 Å². The van der Waals surface area contributed by atoms with E-state index in [0.29, 0.717) is 0 Å². The highest BCUT2D eigenvalue weighted by Crippen LogP contribution is 2.51. The van der Waals surface area contributed by atoms with Crippen LogP contribution in [-0.2, 0) is 16.2 Å². The Morgan fingerprint density at radius 2 is 0.776 bits per heavy atom. The van der Waals surface area contributed by atoms with Crippen molar-refractivity contribution in [3.63, 3.8) is 0 Å². The highest BCUT2D eigenvalue weighted by atomic mass is 32.1. The van der Waals surface area contributed by atoms with Gasteiger partial charge in [-0.15, -0.1) is 11.3 Å². The van der Waals surface area contributed by atoms with Crippen LogP contribution in [0.3, 0.4) is 0 Å². The molecule has 0 spiro atoms. The van der Waals surface area contributed by atoms with Gasteiger partial charge in [0.1, 0.15) is 11.2 Å². The molecule has 0 N–H and O–H groups in total. The van der Waals surface area contributed by atoms with Crippen molar-refractivity contribution in [3.8, 4) is 0 Å². The number of hydrogen-bond donors (Lipinski definition) is 0. The van der Waals surface area contributed by atoms with Crippen molar-refractivity contribution in [1.29, 1.82) is 0 Å². The van der Waals surface area contributed by atoms with Gasteiger partial charge in [-0.25, -0.2) is 0 Å². The van der Waals surface area contributed by atoms with Gasteiger partial charge in [-0.1, -0.05) is 184 Å². The van der Waals surface area contributed by atoms with Crippen molar-refractivity contribution < 1.29 is 4.42 Å². The summed E-state index contributed by atoms with van der Waals surface area (Å²) in [5.74, 6) is 0. The molecule has 4 heterocycles. The molecule has 85 heavy (non-hydrogen) atoms. The molecule has 5 nitrogen and oxygen atoms in total. The molecule has 15 rings (SSSR count). The Labute approximate surface area is 503 Å². The number of anilines is 12. The van der Waals surface area contributed by atoms with Crippen molar-refractivity contribution in [2.45, 2.75) is 78.6 Å². The molecule has 414 valence electrons. The van der Waals surface area contributed by atoms with Crippen LogP contribution in [0, 0.1) is 0 Å². The highest BCUT2D eigenvalue weighted by molar-refractivity contribution is 7.26. The summed E-state index contributed by atoms with van der Waals surface area (Å²) in [6.07, 6.45) is 0. The van der Waals surface area contributed by atoms with Gasteiger partial charge in [0.25, 0.3) is 6.71 Å². The topological polar surface area (TPSA) is 26.1 Å². The van der Waals surface area contributed by atoms with Crippen LogP contribution in [0.4, 0.5) is 68.2 Å². The first-order valence-electron chi connectivity index (χ1n) is 29.8. The minimum atomic E-state index is -0.147. The van der Waals surface area contributed by atoms with E-state index in [4.69, 9.17) is 4.42 Å². The van der Waals surface area contributed by atoms with Crippen molar-refractivity contribution in [2.75, 3.05) is 19.6 Å². The Balaban J connectivity index is 1.05. The van der Waals surface area contributed by atoms with Crippen molar-refractivity contribution in [1.82, 2.24) is 0 Å². The van der Waals surface area contributed by atoms with Crippen LogP contribution in [0.15, 0.2) is 247 Å². The number of furan rings is 1. The Hall–Kier alpha value is -9.30. The fourth-order valence-electron chi connectivity index (χ4n) is 13.2. The normalized spacial score (nSPS) is 13.2. The third kappa shape index (κ3) is 8.89. The van der Waals surface area contributed by atoms with E-state index in [1.165, 1.54) is 58.9 Å². The second-order valence-electron chi connectivity index (χ2n) is 26.3. The van der Waals surface area contributed by atoms with E-state index < -0.39 is 0 Å². The number of rotatable bonds is 8. The summed E-state index contributed by atoms with van der Waals surface area (Å²) in [6, 6.07) is 91.0. The average Bonchev–Trinajstić information content (AvgIpc) is 1.17. The molecule has 11 aromatic carbocycles. The average molecular weight is 1120 g/mol. The van der Waals surface area contributed by atoms with Crippen LogP contribution in [0.25, 0.3) is 42.1 Å². The van der Waals surface area contributed by atoms with Crippen molar-refractivity contribution in [2.24, 2.45) is 0 Å². The lowest BCUT2D eigenvalue weighted by Crippen LogP contribution is -2.61. The lowest BCUT2D eigenvalue weighted by Gasteiger charge is -2.45. The largest absolute Gasteiger partial charge is 0.456 e. The Morgan fingerprint density at radius 3 is 1.36 bits per heavy atom. The quantitative estimate of drug-likeness (QED) is 0.141. The first-order chi connectivity index (χ1) is 41.0. The van der Waals surface area contributed by atoms with E-state index in [2.05, 4.69) is 319 Å². The number of hydrogen-bond acceptors (Lipinski definition) is 6. The molecule has 0 unspecified atom stereocenters. The molecule has 0 radical (unpaired) electrons. The maximum Gasteiger partial charge on any atom is 0.252 e. The third-order valence-corrected chi connectivity index (χ3v) is 18.8. The summed E-state index contributed by atoms with van der Waals surface area (Å²) >= 11 is 1.88. The number of benzene rings is 11. The summed E-state index contributed by atoms with van der Waals surface area (Å²) in [5, 5.41) is 4.76. The van der Waals surface area contributed by atoms with Gasteiger partial charge in [0.15, 0.2) is 0 Å². The molecule has 2 aromatic heterocycles. The molecular weight excluding hydrogens is 1050 g/mol. The Morgan fingerprint density at radius 1 is 0.329 bits per heavy atom. The molecule has 0 saturated carbocycles. The number of nitrogens with zero attached hydrogens (tertiary/aromatic N) is 4. The summed E-state index contributed by atoms with van der Waals surface area (Å²) in [7, 11) is 0. The summed E-state index contributed by atoms with van der Waals surface area (Å²) in [4.78, 5) is 10.0. The van der Waals surface area contributed by atoms with E-state index in [9.17, 15) is 0 Å². The van der Waals surface area contributed by atoms with Gasteiger partial charge in [0.05, 0.1) is 5.69 Å². The Bertz CT molecular complexity index is 4680. The van der Waals surface area contributed by atoms with Crippen LogP contribution in [0.1, 0.15) is 79.0 Å². The van der Waals surface area contributed by atoms with Gasteiger partial charge in [-0.05, 0) is 176 Å². The molecule has 2 aliphatic rings. The molecule has 0 bridgehead atoms. The van der Waals surface area contributed by atoms with Gasteiger partial charge in [-0.2, -0.15) is 0 Å². The lowest BCUT2D eigenvalue weighted by molar-refractivity contribution is 0.590. The summed E-state index contributed by atoms with van der Waals surface area (Å²) in [5.41, 5.74) is 22.5. The van der Waals surface area contributed by atoms with Crippen LogP contribution in [-0.4, -0.2) is 6.71 Å². The minimum absolute atomic E-state index is 0.0167. The molecular formula is C78H67BN4OS. The minimum Gasteiger partial charge on any atom is -0.456 e. The van der Waals surface area contributed by atoms with Gasteiger partial charge in [0, 0.05) is 88.1 Å². The first-order valence-corrected chi connectivity index (χ1v) is 30.7. The third-order valence-electron chi connectivity index (χ3n) is 17.7. The maximum absolute atomic E-state index is 6.47. The van der Waals surface area contributed by atoms with Crippen LogP contribution < -0.4 is 36.0 Å². The summed E-state index contributed by atoms with van der Waals surface area (Å²) < 4.78 is 9.03. The standard InChI is InChI=1S/C78H67BN4OS/c1-76(2,3)50-28-34-55(35-29-50)81(58-41-43-72-63(44-58)61-24-16-18-26-71(61)84-72)59-40-42-65-67(45-59)82(56-36-30-51(31-37-56)77(4,5)6)69-46-60(80(53-20-12-10-13-21-53)54-22-14-11-15-23-54)47-70-75(69)79(65)66-48-64-62-25-17-19-27-73(62)85-74(64)49-68(66)83(70)57-38-32-52(33-39-57)78(7,8)9/h10-49H,1-9H3. The smallest absolute Gasteiger partial charge is 0.252 e. The second kappa shape index (κ2) is 19.7. The van der Waals surface area contributed by atoms with Crippen LogP contribution in [0.2, 0.25) is 0 Å². The van der Waals surface area contributed by atoms with Crippen molar-refractivity contribution in [3.05, 3.63) is 259 Å². The number of thiophene rings is 1. The predicted molar refractivity (Wildman–Crippen MR) is 366 cm³/mol. The summed E-state index contributed by atoms with van der Waals surface area (Å²) in [6.45, 7) is 20.5. The number of para-hydroxylation sites is 3. The molecule has 0 atom stereocenters. The molecule has 0 saturated heterocycles. The van der Waals surface area contributed by atoms with Gasteiger partial charge >= 0.3 is 0 Å². The van der Waals surface area contributed by atoms with E-state index in [-0.39, 0.29) is 23.0 Å². The van der Waals surface area contributed by atoms with Crippen molar-refractivity contribution >= 4 is 145 Å². The fourth-order valence-corrected chi connectivity index (χ4v) is 14.4. The monoisotopic (exact) mass is 1120 g/mol. The van der Waals surface area contributed by atoms with Gasteiger partial charge < -0.3 is 24.0 Å². The molecule has 0 aliphatic carbocycles. The number of fused-ring (bicyclic) bond motifs is 10. The lowest BCUT2D eigenvalue weighted by atomic mass is 9.33. The molecule has 0 fully saturated rings. The SMILES string of the molecule is CC(C)(C)c1ccc(N(c2ccc3c(c2)N(c2ccc(C(C)(C)C)cc2)c2cc(N(c4ccccc4)c4ccccc4)cc4c2B3c2cc3c(cc2N4c2ccc(C(C)(C)C)cc2)sc2ccccc23)c2ccc3oc4ccccc4c3c2)cc1. The van der Waals surface area contributed by atoms with E-state index >= 15 is 0 Å². The zero-order valence-electron chi connectivity index (χ0n) is 49.8. The molecule has 13 aromatic rings.